The smallest absolute Gasteiger partial charge is 0.308 e. The number of amides is 1. The molecule has 0 fully saturated rings. The van der Waals surface area contributed by atoms with Crippen molar-refractivity contribution in [2.24, 2.45) is 0 Å². The van der Waals surface area contributed by atoms with Gasteiger partial charge in [0.1, 0.15) is 17.2 Å². The van der Waals surface area contributed by atoms with Gasteiger partial charge in [0.25, 0.3) is 5.91 Å². The molecule has 0 radical (unpaired) electrons. The van der Waals surface area contributed by atoms with E-state index in [2.05, 4.69) is 0 Å². The molecule has 0 spiro atoms. The molecule has 0 saturated carbocycles. The molecule has 0 bridgehead atoms. The Bertz CT molecular complexity index is 1170. The number of hydrogen-bond donors (Lipinski definition) is 0. The fraction of sp³-hybridized carbons (Fsp3) is 0.250. The van der Waals surface area contributed by atoms with Crippen LogP contribution in [-0.4, -0.2) is 25.1 Å². The van der Waals surface area contributed by atoms with Gasteiger partial charge >= 0.3 is 5.97 Å². The summed E-state index contributed by atoms with van der Waals surface area (Å²) in [5.74, 6) is 1.03. The first-order valence-electron chi connectivity index (χ1n) is 10.1. The molecule has 0 aliphatic carbocycles. The van der Waals surface area contributed by atoms with Crippen molar-refractivity contribution in [2.75, 3.05) is 18.1 Å². The molecule has 0 saturated heterocycles. The number of benzene rings is 3. The van der Waals surface area contributed by atoms with Crippen LogP contribution in [0.15, 0.2) is 42.5 Å². The average Bonchev–Trinajstić information content (AvgIpc) is 3.08. The van der Waals surface area contributed by atoms with Crippen molar-refractivity contribution < 1.29 is 23.8 Å². The van der Waals surface area contributed by atoms with E-state index in [-0.39, 0.29) is 5.91 Å². The lowest BCUT2D eigenvalue weighted by molar-refractivity contribution is -0.131. The molecular formula is C24H22ClNO5. The lowest BCUT2D eigenvalue weighted by Crippen LogP contribution is -2.23. The Balaban J connectivity index is 1.85. The summed E-state index contributed by atoms with van der Waals surface area (Å²) in [5.41, 5.74) is 1.96. The summed E-state index contributed by atoms with van der Waals surface area (Å²) in [6.07, 6.45) is 0. The molecule has 0 aromatic heterocycles. The van der Waals surface area contributed by atoms with Gasteiger partial charge in [0, 0.05) is 34.0 Å². The first kappa shape index (κ1) is 21.0. The molecule has 1 amide bonds. The molecule has 160 valence electrons. The van der Waals surface area contributed by atoms with Crippen LogP contribution in [0.1, 0.15) is 36.7 Å². The van der Waals surface area contributed by atoms with Crippen LogP contribution in [0, 0.1) is 0 Å². The van der Waals surface area contributed by atoms with Crippen molar-refractivity contribution in [3.05, 3.63) is 58.6 Å². The van der Waals surface area contributed by atoms with Gasteiger partial charge in [0.15, 0.2) is 0 Å². The lowest BCUT2D eigenvalue weighted by Gasteiger charge is -2.17. The average molecular weight is 440 g/mol. The van der Waals surface area contributed by atoms with Crippen molar-refractivity contribution in [1.82, 2.24) is 0 Å². The van der Waals surface area contributed by atoms with Gasteiger partial charge in [-0.3, -0.25) is 9.59 Å². The number of hydrogen-bond acceptors (Lipinski definition) is 5. The summed E-state index contributed by atoms with van der Waals surface area (Å²) in [6.45, 7) is 6.35. The normalized spacial score (nSPS) is 12.8. The molecule has 7 heteroatoms. The van der Waals surface area contributed by atoms with Gasteiger partial charge in [0.05, 0.1) is 25.3 Å². The zero-order valence-corrected chi connectivity index (χ0v) is 18.3. The summed E-state index contributed by atoms with van der Waals surface area (Å²) in [7, 11) is 0. The Morgan fingerprint density at radius 1 is 1.00 bits per heavy atom. The number of nitrogens with zero attached hydrogens (tertiary/aromatic N) is 1. The van der Waals surface area contributed by atoms with E-state index in [9.17, 15) is 9.59 Å². The molecule has 6 nitrogen and oxygen atoms in total. The Labute approximate surface area is 185 Å². The first-order valence-corrected chi connectivity index (χ1v) is 10.5. The van der Waals surface area contributed by atoms with Gasteiger partial charge in [-0.25, -0.2) is 0 Å². The summed E-state index contributed by atoms with van der Waals surface area (Å²) in [4.78, 5) is 26.3. The number of halogens is 1. The number of rotatable bonds is 6. The van der Waals surface area contributed by atoms with Crippen molar-refractivity contribution in [1.29, 1.82) is 0 Å². The molecule has 0 unspecified atom stereocenters. The molecule has 3 aromatic rings. The highest BCUT2D eigenvalue weighted by molar-refractivity contribution is 6.31. The highest BCUT2D eigenvalue weighted by Crippen LogP contribution is 2.46. The Morgan fingerprint density at radius 3 is 2.32 bits per heavy atom. The molecule has 0 N–H and O–H groups in total. The quantitative estimate of drug-likeness (QED) is 0.381. The first-order chi connectivity index (χ1) is 14.9. The zero-order valence-electron chi connectivity index (χ0n) is 17.5. The van der Waals surface area contributed by atoms with Crippen LogP contribution in [0.3, 0.4) is 0 Å². The number of esters is 1. The largest absolute Gasteiger partial charge is 0.493 e. The van der Waals surface area contributed by atoms with Gasteiger partial charge in [-0.1, -0.05) is 11.6 Å². The van der Waals surface area contributed by atoms with Gasteiger partial charge in [0.2, 0.25) is 0 Å². The fourth-order valence-electron chi connectivity index (χ4n) is 3.86. The van der Waals surface area contributed by atoms with E-state index in [4.69, 9.17) is 25.8 Å². The number of carbonyl (C=O) groups excluding carboxylic acids is 2. The lowest BCUT2D eigenvalue weighted by atomic mass is 9.99. The Hall–Kier alpha value is -3.25. The maximum absolute atomic E-state index is 13.5. The van der Waals surface area contributed by atoms with E-state index >= 15 is 0 Å². The molecule has 0 atom stereocenters. The van der Waals surface area contributed by atoms with E-state index in [1.54, 1.807) is 41.3 Å². The molecule has 1 aliphatic rings. The van der Waals surface area contributed by atoms with Crippen molar-refractivity contribution in [3.63, 3.8) is 0 Å². The van der Waals surface area contributed by atoms with Crippen LogP contribution < -0.4 is 19.1 Å². The number of carbonyl (C=O) groups is 2. The Morgan fingerprint density at radius 2 is 1.68 bits per heavy atom. The third kappa shape index (κ3) is 3.79. The maximum atomic E-state index is 13.5. The molecule has 4 rings (SSSR count). The monoisotopic (exact) mass is 439 g/mol. The minimum atomic E-state index is -0.398. The second kappa shape index (κ2) is 8.47. The van der Waals surface area contributed by atoms with Crippen LogP contribution >= 0.6 is 11.6 Å². The van der Waals surface area contributed by atoms with Crippen LogP contribution in [0.4, 0.5) is 5.69 Å². The van der Waals surface area contributed by atoms with Gasteiger partial charge < -0.3 is 19.1 Å². The van der Waals surface area contributed by atoms with Crippen LogP contribution in [-0.2, 0) is 11.3 Å². The number of anilines is 1. The van der Waals surface area contributed by atoms with Gasteiger partial charge in [-0.15, -0.1) is 0 Å². The topological polar surface area (TPSA) is 65.1 Å². The third-order valence-electron chi connectivity index (χ3n) is 5.04. The van der Waals surface area contributed by atoms with Crippen LogP contribution in [0.5, 0.6) is 17.2 Å². The van der Waals surface area contributed by atoms with E-state index in [1.165, 1.54) is 6.92 Å². The molecule has 31 heavy (non-hydrogen) atoms. The van der Waals surface area contributed by atoms with Crippen molar-refractivity contribution >= 4 is 39.9 Å². The molecular weight excluding hydrogens is 418 g/mol. The zero-order chi connectivity index (χ0) is 22.1. The standard InChI is InChI=1S/C24H22ClNO5/c1-4-29-22-18-11-6-15(25)12-19(18)23(30-5-2)21-20(22)13-26(24(21)28)16-7-9-17(10-8-16)31-14(3)27/h6-12H,4-5,13H2,1-3H3. The molecule has 1 heterocycles. The highest BCUT2D eigenvalue weighted by Gasteiger charge is 2.36. The van der Waals surface area contributed by atoms with Crippen molar-refractivity contribution in [3.8, 4) is 17.2 Å². The van der Waals surface area contributed by atoms with E-state index in [0.717, 1.165) is 16.3 Å². The van der Waals surface area contributed by atoms with Gasteiger partial charge in [-0.05, 0) is 56.3 Å². The van der Waals surface area contributed by atoms with E-state index < -0.39 is 5.97 Å². The number of fused-ring (bicyclic) bond motifs is 2. The second-order valence-corrected chi connectivity index (χ2v) is 7.48. The van der Waals surface area contributed by atoms with E-state index in [1.807, 2.05) is 19.9 Å². The van der Waals surface area contributed by atoms with Crippen LogP contribution in [0.25, 0.3) is 10.8 Å². The summed E-state index contributed by atoms with van der Waals surface area (Å²) in [5, 5.41) is 2.16. The van der Waals surface area contributed by atoms with Crippen LogP contribution in [0.2, 0.25) is 5.02 Å². The van der Waals surface area contributed by atoms with Crippen molar-refractivity contribution in [2.45, 2.75) is 27.3 Å². The van der Waals surface area contributed by atoms with Gasteiger partial charge in [-0.2, -0.15) is 0 Å². The SMILES string of the molecule is CCOc1c2c(c(OCC)c3cc(Cl)ccc13)C(=O)N(c1ccc(OC(C)=O)cc1)C2. The predicted molar refractivity (Wildman–Crippen MR) is 120 cm³/mol. The molecule has 1 aliphatic heterocycles. The summed E-state index contributed by atoms with van der Waals surface area (Å²) >= 11 is 6.26. The minimum Gasteiger partial charge on any atom is -0.493 e. The summed E-state index contributed by atoms with van der Waals surface area (Å²) < 4.78 is 17.0. The van der Waals surface area contributed by atoms with E-state index in [0.29, 0.717) is 53.3 Å². The number of ether oxygens (including phenoxy) is 3. The minimum absolute atomic E-state index is 0.179. The Kier molecular flexibility index (Phi) is 5.74. The fourth-order valence-corrected chi connectivity index (χ4v) is 4.04. The molecule has 3 aromatic carbocycles. The third-order valence-corrected chi connectivity index (χ3v) is 5.27. The highest BCUT2D eigenvalue weighted by atomic mass is 35.5. The maximum Gasteiger partial charge on any atom is 0.308 e. The predicted octanol–water partition coefficient (Wildman–Crippen LogP) is 5.38. The summed E-state index contributed by atoms with van der Waals surface area (Å²) in [6, 6.07) is 12.3. The second-order valence-electron chi connectivity index (χ2n) is 7.05.